The Kier molecular flexibility index (Phi) is 6.45. The highest BCUT2D eigenvalue weighted by molar-refractivity contribution is 5.94. The van der Waals surface area contributed by atoms with Crippen LogP contribution >= 0.6 is 0 Å². The van der Waals surface area contributed by atoms with Gasteiger partial charge >= 0.3 is 0 Å². The summed E-state index contributed by atoms with van der Waals surface area (Å²) in [7, 11) is 1.58. The van der Waals surface area contributed by atoms with Gasteiger partial charge in [-0.05, 0) is 68.3 Å². The summed E-state index contributed by atoms with van der Waals surface area (Å²) in [5, 5.41) is 0. The average molecular weight is 394 g/mol. The van der Waals surface area contributed by atoms with Gasteiger partial charge in [0.25, 0.3) is 5.91 Å². The molecule has 0 unspecified atom stereocenters. The largest absolute Gasteiger partial charge is 0.481 e. The minimum absolute atomic E-state index is 0.0740. The molecular formula is C24H31N3O2. The van der Waals surface area contributed by atoms with Crippen LogP contribution in [-0.4, -0.2) is 54.0 Å². The molecule has 4 rings (SSSR count). The van der Waals surface area contributed by atoms with Crippen molar-refractivity contribution in [1.29, 1.82) is 0 Å². The van der Waals surface area contributed by atoms with Crippen LogP contribution in [0.15, 0.2) is 42.6 Å². The molecule has 2 aliphatic heterocycles. The molecule has 3 heterocycles. The fourth-order valence-electron chi connectivity index (χ4n) is 4.46. The first kappa shape index (κ1) is 19.9. The van der Waals surface area contributed by atoms with E-state index < -0.39 is 0 Å². The molecule has 0 saturated carbocycles. The lowest BCUT2D eigenvalue weighted by atomic mass is 9.89. The van der Waals surface area contributed by atoms with Crippen LogP contribution in [0.3, 0.4) is 0 Å². The number of piperidine rings is 1. The van der Waals surface area contributed by atoms with Gasteiger partial charge in [0.15, 0.2) is 0 Å². The summed E-state index contributed by atoms with van der Waals surface area (Å²) in [6.07, 6.45) is 7.52. The molecule has 0 radical (unpaired) electrons. The number of methoxy groups -OCH3 is 1. The van der Waals surface area contributed by atoms with Crippen LogP contribution < -0.4 is 4.74 Å². The number of pyridine rings is 1. The molecule has 154 valence electrons. The van der Waals surface area contributed by atoms with Crippen molar-refractivity contribution in [2.45, 2.75) is 38.6 Å². The fraction of sp³-hybridized carbons (Fsp3) is 0.500. The quantitative estimate of drug-likeness (QED) is 0.749. The summed E-state index contributed by atoms with van der Waals surface area (Å²) in [4.78, 5) is 21.3. The fourth-order valence-corrected chi connectivity index (χ4v) is 4.46. The molecule has 2 aliphatic rings. The first-order chi connectivity index (χ1) is 14.2. The molecule has 2 aromatic rings. The summed E-state index contributed by atoms with van der Waals surface area (Å²) in [5.41, 5.74) is 3.47. The minimum atomic E-state index is 0.0740. The number of likely N-dealkylation sites (tertiary alicyclic amines) is 2. The first-order valence-corrected chi connectivity index (χ1v) is 10.8. The van der Waals surface area contributed by atoms with E-state index in [9.17, 15) is 4.79 Å². The molecule has 1 aromatic heterocycles. The third-order valence-corrected chi connectivity index (χ3v) is 6.25. The number of rotatable bonds is 6. The number of amides is 1. The minimum Gasteiger partial charge on any atom is -0.481 e. The van der Waals surface area contributed by atoms with Crippen LogP contribution in [0.1, 0.15) is 47.2 Å². The zero-order valence-electron chi connectivity index (χ0n) is 17.3. The average Bonchev–Trinajstić information content (AvgIpc) is 3.28. The number of carbonyl (C=O) groups is 1. The number of ether oxygens (including phenoxy) is 1. The van der Waals surface area contributed by atoms with Crippen molar-refractivity contribution in [3.05, 3.63) is 59.3 Å². The van der Waals surface area contributed by atoms with Crippen molar-refractivity contribution >= 4 is 5.91 Å². The molecule has 0 N–H and O–H groups in total. The Bertz CT molecular complexity index is 790. The second-order valence-corrected chi connectivity index (χ2v) is 8.33. The van der Waals surface area contributed by atoms with Crippen LogP contribution in [0.5, 0.6) is 5.88 Å². The molecule has 0 atom stereocenters. The number of hydrogen-bond acceptors (Lipinski definition) is 4. The van der Waals surface area contributed by atoms with Crippen LogP contribution in [0.25, 0.3) is 0 Å². The molecule has 1 amide bonds. The van der Waals surface area contributed by atoms with Gasteiger partial charge in [-0.3, -0.25) is 9.69 Å². The second-order valence-electron chi connectivity index (χ2n) is 8.33. The Morgan fingerprint density at radius 1 is 1.00 bits per heavy atom. The predicted molar refractivity (Wildman–Crippen MR) is 114 cm³/mol. The van der Waals surface area contributed by atoms with Gasteiger partial charge in [-0.15, -0.1) is 0 Å². The maximum atomic E-state index is 12.7. The molecule has 1 aromatic carbocycles. The van der Waals surface area contributed by atoms with Crippen molar-refractivity contribution in [3.63, 3.8) is 0 Å². The predicted octanol–water partition coefficient (Wildman–Crippen LogP) is 3.78. The van der Waals surface area contributed by atoms with Crippen LogP contribution in [0.4, 0.5) is 0 Å². The summed E-state index contributed by atoms with van der Waals surface area (Å²) in [6, 6.07) is 12.7. The monoisotopic (exact) mass is 393 g/mol. The highest BCUT2D eigenvalue weighted by Gasteiger charge is 2.24. The van der Waals surface area contributed by atoms with Crippen LogP contribution in [-0.2, 0) is 13.0 Å². The van der Waals surface area contributed by atoms with Crippen molar-refractivity contribution in [3.8, 4) is 5.88 Å². The van der Waals surface area contributed by atoms with E-state index >= 15 is 0 Å². The molecule has 0 spiro atoms. The van der Waals surface area contributed by atoms with Gasteiger partial charge < -0.3 is 9.64 Å². The van der Waals surface area contributed by atoms with Gasteiger partial charge in [-0.2, -0.15) is 0 Å². The molecule has 2 saturated heterocycles. The number of carbonyl (C=O) groups excluding carboxylic acids is 1. The van der Waals surface area contributed by atoms with E-state index in [1.54, 1.807) is 25.4 Å². The Morgan fingerprint density at radius 3 is 2.31 bits per heavy atom. The first-order valence-electron chi connectivity index (χ1n) is 10.8. The van der Waals surface area contributed by atoms with E-state index in [1.807, 2.05) is 4.90 Å². The topological polar surface area (TPSA) is 45.7 Å². The normalized spacial score (nSPS) is 18.2. The Hall–Kier alpha value is -2.40. The lowest BCUT2D eigenvalue weighted by molar-refractivity contribution is 0.0690. The van der Waals surface area contributed by atoms with Gasteiger partial charge in [0.1, 0.15) is 0 Å². The van der Waals surface area contributed by atoms with Gasteiger partial charge in [-0.1, -0.05) is 24.3 Å². The van der Waals surface area contributed by atoms with E-state index in [0.29, 0.717) is 17.4 Å². The highest BCUT2D eigenvalue weighted by Crippen LogP contribution is 2.24. The number of aromatic nitrogens is 1. The summed E-state index contributed by atoms with van der Waals surface area (Å²) < 4.78 is 5.07. The van der Waals surface area contributed by atoms with Gasteiger partial charge in [-0.25, -0.2) is 4.98 Å². The molecule has 0 bridgehead atoms. The lowest BCUT2D eigenvalue weighted by Gasteiger charge is -2.32. The molecule has 5 heteroatoms. The summed E-state index contributed by atoms with van der Waals surface area (Å²) >= 11 is 0. The maximum Gasteiger partial charge on any atom is 0.255 e. The molecule has 29 heavy (non-hydrogen) atoms. The van der Waals surface area contributed by atoms with Crippen molar-refractivity contribution in [1.82, 2.24) is 14.8 Å². The van der Waals surface area contributed by atoms with Crippen LogP contribution in [0.2, 0.25) is 0 Å². The van der Waals surface area contributed by atoms with Gasteiger partial charge in [0.2, 0.25) is 5.88 Å². The molecular weight excluding hydrogens is 362 g/mol. The van der Waals surface area contributed by atoms with E-state index in [0.717, 1.165) is 38.9 Å². The lowest BCUT2D eigenvalue weighted by Crippen LogP contribution is -2.38. The highest BCUT2D eigenvalue weighted by atomic mass is 16.5. The van der Waals surface area contributed by atoms with E-state index in [-0.39, 0.29) is 5.91 Å². The van der Waals surface area contributed by atoms with E-state index in [1.165, 1.54) is 37.1 Å². The number of benzene rings is 1. The summed E-state index contributed by atoms with van der Waals surface area (Å²) in [5.74, 6) is 1.26. The van der Waals surface area contributed by atoms with Gasteiger partial charge in [0, 0.05) is 31.9 Å². The third kappa shape index (κ3) is 5.15. The SMILES string of the molecule is COc1ccc(C(=O)N2CCC(Cc3ccc(CN4CCCC4)cc3)CC2)cn1. The number of nitrogens with zero attached hydrogens (tertiary/aromatic N) is 3. The zero-order valence-corrected chi connectivity index (χ0v) is 17.3. The van der Waals surface area contributed by atoms with Crippen molar-refractivity contribution < 1.29 is 9.53 Å². The molecule has 0 aliphatic carbocycles. The Morgan fingerprint density at radius 2 is 1.69 bits per heavy atom. The molecule has 2 fully saturated rings. The summed E-state index contributed by atoms with van der Waals surface area (Å²) in [6.45, 7) is 5.21. The third-order valence-electron chi connectivity index (χ3n) is 6.25. The Labute approximate surface area is 173 Å². The van der Waals surface area contributed by atoms with E-state index in [4.69, 9.17) is 4.74 Å². The Balaban J connectivity index is 1.25. The maximum absolute atomic E-state index is 12.7. The zero-order chi connectivity index (χ0) is 20.1. The standard InChI is InChI=1S/C24H31N3O2/c1-29-23-9-8-22(17-25-23)24(28)27-14-10-20(11-15-27)16-19-4-6-21(7-5-19)18-26-12-2-3-13-26/h4-9,17,20H,2-3,10-16,18H2,1H3. The smallest absolute Gasteiger partial charge is 0.255 e. The van der Waals surface area contributed by atoms with Crippen molar-refractivity contribution in [2.75, 3.05) is 33.3 Å². The van der Waals surface area contributed by atoms with Crippen LogP contribution in [0, 0.1) is 5.92 Å². The second kappa shape index (κ2) is 9.40. The van der Waals surface area contributed by atoms with Gasteiger partial charge in [0.05, 0.1) is 12.7 Å². The number of hydrogen-bond donors (Lipinski definition) is 0. The molecule has 5 nitrogen and oxygen atoms in total. The van der Waals surface area contributed by atoms with E-state index in [2.05, 4.69) is 34.1 Å². The van der Waals surface area contributed by atoms with Crippen molar-refractivity contribution in [2.24, 2.45) is 5.92 Å².